The Morgan fingerprint density at radius 2 is 1.54 bits per heavy atom. The second-order valence-corrected chi connectivity index (χ2v) is 5.68. The highest BCUT2D eigenvalue weighted by Gasteiger charge is 2.11. The maximum absolute atomic E-state index is 12.3. The summed E-state index contributed by atoms with van der Waals surface area (Å²) in [5, 5.41) is 8.78. The molecule has 0 atom stereocenters. The number of amides is 3. The number of para-hydroxylation sites is 2. The number of benzene rings is 2. The molecule has 6 heteroatoms. The molecule has 0 unspecified atom stereocenters. The number of carbonyl (C=O) groups is 2. The predicted octanol–water partition coefficient (Wildman–Crippen LogP) is 2.93. The number of rotatable bonds is 6. The van der Waals surface area contributed by atoms with Gasteiger partial charge in [-0.2, -0.15) is 0 Å². The highest BCUT2D eigenvalue weighted by Crippen LogP contribution is 2.17. The van der Waals surface area contributed by atoms with Crippen LogP contribution in [-0.4, -0.2) is 18.0 Å². The molecule has 0 aliphatic heterocycles. The van der Waals surface area contributed by atoms with E-state index in [1.807, 2.05) is 24.3 Å². The molecule has 5 N–H and O–H groups in total. The lowest BCUT2D eigenvalue weighted by atomic mass is 10.1. The smallest absolute Gasteiger partial charge is 0.323 e. The first-order valence-corrected chi connectivity index (χ1v) is 7.75. The second-order valence-electron chi connectivity index (χ2n) is 5.68. The van der Waals surface area contributed by atoms with E-state index in [0.29, 0.717) is 24.0 Å². The minimum Gasteiger partial charge on any atom is -0.366 e. The van der Waals surface area contributed by atoms with Crippen LogP contribution < -0.4 is 21.7 Å². The van der Waals surface area contributed by atoms with Gasteiger partial charge < -0.3 is 21.7 Å². The van der Waals surface area contributed by atoms with Crippen LogP contribution in [0.2, 0.25) is 0 Å². The Kier molecular flexibility index (Phi) is 5.92. The Labute approximate surface area is 141 Å². The van der Waals surface area contributed by atoms with Crippen molar-refractivity contribution in [1.82, 2.24) is 5.32 Å². The zero-order chi connectivity index (χ0) is 17.5. The number of nitrogens with two attached hydrogens (primary N) is 1. The average Bonchev–Trinajstić information content (AvgIpc) is 2.54. The Balaban J connectivity index is 2.09. The lowest BCUT2D eigenvalue weighted by Crippen LogP contribution is -2.25. The monoisotopic (exact) mass is 326 g/mol. The number of urea groups is 1. The molecule has 3 amide bonds. The molecule has 0 aliphatic carbocycles. The maximum atomic E-state index is 12.3. The van der Waals surface area contributed by atoms with Gasteiger partial charge in [0.25, 0.3) is 5.91 Å². The van der Waals surface area contributed by atoms with Crippen molar-refractivity contribution in [3.05, 3.63) is 59.7 Å². The van der Waals surface area contributed by atoms with Crippen LogP contribution in [0.15, 0.2) is 48.5 Å². The van der Waals surface area contributed by atoms with Crippen molar-refractivity contribution in [1.29, 1.82) is 0 Å². The Bertz CT molecular complexity index is 728. The van der Waals surface area contributed by atoms with Gasteiger partial charge in [0.15, 0.2) is 0 Å². The van der Waals surface area contributed by atoms with Gasteiger partial charge in [-0.15, -0.1) is 0 Å². The van der Waals surface area contributed by atoms with E-state index < -0.39 is 11.9 Å². The molecule has 0 spiro atoms. The molecule has 0 heterocycles. The zero-order valence-electron chi connectivity index (χ0n) is 13.8. The van der Waals surface area contributed by atoms with E-state index in [4.69, 9.17) is 5.73 Å². The van der Waals surface area contributed by atoms with Crippen molar-refractivity contribution in [2.45, 2.75) is 26.4 Å². The number of nitrogens with one attached hydrogen (secondary N) is 3. The van der Waals surface area contributed by atoms with Crippen molar-refractivity contribution < 1.29 is 9.59 Å². The molecular weight excluding hydrogens is 304 g/mol. The summed E-state index contributed by atoms with van der Waals surface area (Å²) in [4.78, 5) is 23.7. The van der Waals surface area contributed by atoms with Gasteiger partial charge in [0, 0.05) is 18.3 Å². The van der Waals surface area contributed by atoms with Crippen molar-refractivity contribution in [3.8, 4) is 0 Å². The van der Waals surface area contributed by atoms with Gasteiger partial charge in [-0.1, -0.05) is 44.2 Å². The summed E-state index contributed by atoms with van der Waals surface area (Å²) in [6.45, 7) is 4.76. The Hall–Kier alpha value is -2.86. The first-order chi connectivity index (χ1) is 11.5. The highest BCUT2D eigenvalue weighted by molar-refractivity contribution is 6.06. The third kappa shape index (κ3) is 4.82. The van der Waals surface area contributed by atoms with Crippen molar-refractivity contribution >= 4 is 23.3 Å². The fraction of sp³-hybridized carbons (Fsp3) is 0.222. The van der Waals surface area contributed by atoms with E-state index in [9.17, 15) is 9.59 Å². The van der Waals surface area contributed by atoms with E-state index in [0.717, 1.165) is 5.56 Å². The molecular formula is C18H22N4O2. The van der Waals surface area contributed by atoms with Gasteiger partial charge >= 0.3 is 6.03 Å². The van der Waals surface area contributed by atoms with Crippen LogP contribution in [0.5, 0.6) is 0 Å². The maximum Gasteiger partial charge on any atom is 0.323 e. The summed E-state index contributed by atoms with van der Waals surface area (Å²) in [7, 11) is 0. The van der Waals surface area contributed by atoms with Crippen molar-refractivity contribution in [2.75, 3.05) is 10.6 Å². The molecule has 0 aliphatic rings. The first-order valence-electron chi connectivity index (χ1n) is 7.75. The Morgan fingerprint density at radius 1 is 0.958 bits per heavy atom. The Morgan fingerprint density at radius 3 is 2.21 bits per heavy atom. The molecule has 0 saturated carbocycles. The van der Waals surface area contributed by atoms with E-state index in [1.165, 1.54) is 0 Å². The third-order valence-electron chi connectivity index (χ3n) is 3.41. The van der Waals surface area contributed by atoms with Crippen LogP contribution in [0.4, 0.5) is 16.2 Å². The quantitative estimate of drug-likeness (QED) is 0.657. The average molecular weight is 326 g/mol. The summed E-state index contributed by atoms with van der Waals surface area (Å²) in [6, 6.07) is 14.1. The fourth-order valence-electron chi connectivity index (χ4n) is 2.19. The van der Waals surface area contributed by atoms with Gasteiger partial charge in [0.05, 0.1) is 11.3 Å². The topological polar surface area (TPSA) is 96.2 Å². The molecule has 6 nitrogen and oxygen atoms in total. The van der Waals surface area contributed by atoms with Crippen LogP contribution in [0.3, 0.4) is 0 Å². The van der Waals surface area contributed by atoms with Crippen molar-refractivity contribution in [2.24, 2.45) is 5.73 Å². The van der Waals surface area contributed by atoms with Gasteiger partial charge in [-0.25, -0.2) is 4.79 Å². The van der Waals surface area contributed by atoms with E-state index in [2.05, 4.69) is 29.8 Å². The molecule has 2 aromatic carbocycles. The molecule has 24 heavy (non-hydrogen) atoms. The van der Waals surface area contributed by atoms with Crippen LogP contribution in [0, 0.1) is 0 Å². The predicted molar refractivity (Wildman–Crippen MR) is 96.0 cm³/mol. The van der Waals surface area contributed by atoms with Gasteiger partial charge in [0.2, 0.25) is 0 Å². The summed E-state index contributed by atoms with van der Waals surface area (Å²) in [5.74, 6) is -0.590. The van der Waals surface area contributed by atoms with E-state index >= 15 is 0 Å². The molecule has 0 fully saturated rings. The van der Waals surface area contributed by atoms with Gasteiger partial charge in [-0.3, -0.25) is 4.79 Å². The first kappa shape index (κ1) is 17.5. The third-order valence-corrected chi connectivity index (χ3v) is 3.41. The molecule has 0 radical (unpaired) electrons. The second kappa shape index (κ2) is 8.12. The molecule has 2 aromatic rings. The summed E-state index contributed by atoms with van der Waals surface area (Å²) >= 11 is 0. The van der Waals surface area contributed by atoms with Crippen LogP contribution >= 0.6 is 0 Å². The van der Waals surface area contributed by atoms with Crippen LogP contribution in [-0.2, 0) is 6.54 Å². The highest BCUT2D eigenvalue weighted by atomic mass is 16.2. The number of hydrogen-bond donors (Lipinski definition) is 4. The summed E-state index contributed by atoms with van der Waals surface area (Å²) < 4.78 is 0. The van der Waals surface area contributed by atoms with Gasteiger partial charge in [0.1, 0.15) is 0 Å². The number of hydrogen-bond acceptors (Lipinski definition) is 3. The van der Waals surface area contributed by atoms with Crippen LogP contribution in [0.25, 0.3) is 0 Å². The molecule has 0 bridgehead atoms. The van der Waals surface area contributed by atoms with Crippen molar-refractivity contribution in [3.63, 3.8) is 0 Å². The largest absolute Gasteiger partial charge is 0.366 e. The minimum absolute atomic E-state index is 0.266. The number of primary amides is 1. The normalized spacial score (nSPS) is 10.5. The minimum atomic E-state index is -0.590. The fourth-order valence-corrected chi connectivity index (χ4v) is 2.19. The zero-order valence-corrected chi connectivity index (χ0v) is 13.8. The molecule has 126 valence electrons. The summed E-state index contributed by atoms with van der Waals surface area (Å²) in [5.41, 5.74) is 7.64. The van der Waals surface area contributed by atoms with E-state index in [-0.39, 0.29) is 5.56 Å². The number of anilines is 2. The van der Waals surface area contributed by atoms with Gasteiger partial charge in [-0.05, 0) is 23.8 Å². The lowest BCUT2D eigenvalue weighted by Gasteiger charge is -2.14. The SMILES string of the molecule is CC(C)NCc1ccccc1NC(=O)Nc1ccccc1C(N)=O. The van der Waals surface area contributed by atoms with Crippen LogP contribution in [0.1, 0.15) is 29.8 Å². The molecule has 2 rings (SSSR count). The molecule has 0 saturated heterocycles. The molecule has 0 aromatic heterocycles. The lowest BCUT2D eigenvalue weighted by molar-refractivity contribution is 0.100. The number of carbonyl (C=O) groups excluding carboxylic acids is 2. The standard InChI is InChI=1S/C18H22N4O2/c1-12(2)20-11-13-7-3-5-9-15(13)21-18(24)22-16-10-6-4-8-14(16)17(19)23/h3-10,12,20H,11H2,1-2H3,(H2,19,23)(H2,21,22,24). The summed E-state index contributed by atoms with van der Waals surface area (Å²) in [6.07, 6.45) is 0. The van der Waals surface area contributed by atoms with E-state index in [1.54, 1.807) is 24.3 Å².